The van der Waals surface area contributed by atoms with Gasteiger partial charge in [-0.25, -0.2) is 4.98 Å². The van der Waals surface area contributed by atoms with Gasteiger partial charge >= 0.3 is 0 Å². The van der Waals surface area contributed by atoms with E-state index in [0.29, 0.717) is 0 Å². The third kappa shape index (κ3) is 2.43. The molecule has 1 radical (unpaired) electrons. The van der Waals surface area contributed by atoms with Crippen LogP contribution < -0.4 is 0 Å². The smallest absolute Gasteiger partial charge is 0.174 e. The molecule has 0 saturated heterocycles. The van der Waals surface area contributed by atoms with Crippen LogP contribution in [0.1, 0.15) is 32.0 Å². The Balaban J connectivity index is 2.15. The summed E-state index contributed by atoms with van der Waals surface area (Å²) in [5, 5.41) is 0. The minimum atomic E-state index is 0.957. The van der Waals surface area contributed by atoms with Crippen LogP contribution in [0.5, 0.6) is 0 Å². The van der Waals surface area contributed by atoms with Crippen molar-refractivity contribution < 1.29 is 0 Å². The van der Waals surface area contributed by atoms with Crippen molar-refractivity contribution >= 4 is 11.5 Å². The third-order valence-corrected chi connectivity index (χ3v) is 1.85. The monoisotopic (exact) mass is 155 g/mol. The molecular weight excluding hydrogens is 144 g/mol. The number of rotatable bonds is 4. The van der Waals surface area contributed by atoms with Gasteiger partial charge in [-0.1, -0.05) is 19.8 Å². The maximum Gasteiger partial charge on any atom is 0.174 e. The molecule has 0 aliphatic heterocycles. The van der Waals surface area contributed by atoms with Crippen LogP contribution in [0, 0.1) is 5.51 Å². The zero-order valence-corrected chi connectivity index (χ0v) is 6.95. The van der Waals surface area contributed by atoms with Crippen LogP contribution in [0.15, 0.2) is 0 Å². The first-order chi connectivity index (χ1) is 4.93. The van der Waals surface area contributed by atoms with Crippen molar-refractivity contribution in [3.8, 4) is 0 Å². The molecular formula is C7H11N2S. The molecule has 1 rings (SSSR count). The van der Waals surface area contributed by atoms with E-state index in [4.69, 9.17) is 0 Å². The first-order valence-corrected chi connectivity index (χ1v) is 4.39. The maximum atomic E-state index is 4.06. The van der Waals surface area contributed by atoms with Gasteiger partial charge in [-0.2, -0.15) is 4.37 Å². The number of hydrogen-bond acceptors (Lipinski definition) is 3. The molecule has 0 atom stereocenters. The number of nitrogens with zero attached hydrogens (tertiary/aromatic N) is 2. The lowest BCUT2D eigenvalue weighted by atomic mass is 10.2. The van der Waals surface area contributed by atoms with E-state index in [2.05, 4.69) is 21.8 Å². The van der Waals surface area contributed by atoms with E-state index < -0.39 is 0 Å². The highest BCUT2D eigenvalue weighted by Gasteiger charge is 1.94. The van der Waals surface area contributed by atoms with Gasteiger partial charge in [0.1, 0.15) is 5.82 Å². The second kappa shape index (κ2) is 4.39. The summed E-state index contributed by atoms with van der Waals surface area (Å²) in [6, 6.07) is 0. The Bertz CT molecular complexity index is 160. The lowest BCUT2D eigenvalue weighted by Gasteiger charge is -1.91. The lowest BCUT2D eigenvalue weighted by molar-refractivity contribution is 0.700. The zero-order valence-electron chi connectivity index (χ0n) is 6.13. The summed E-state index contributed by atoms with van der Waals surface area (Å²) in [6.07, 6.45) is 4.77. The average Bonchev–Trinajstić information content (AvgIpc) is 2.41. The second-order valence-electron chi connectivity index (χ2n) is 2.26. The van der Waals surface area contributed by atoms with E-state index in [-0.39, 0.29) is 0 Å². The summed E-state index contributed by atoms with van der Waals surface area (Å²) < 4.78 is 4.06. The van der Waals surface area contributed by atoms with Crippen molar-refractivity contribution in [2.45, 2.75) is 32.6 Å². The second-order valence-corrected chi connectivity index (χ2v) is 2.81. The standard InChI is InChI=1S/C7H11N2S/c1-2-3-4-5-7-8-6-10-9-7/h2-5H2,1H3. The minimum absolute atomic E-state index is 0.957. The van der Waals surface area contributed by atoms with E-state index >= 15 is 0 Å². The van der Waals surface area contributed by atoms with Gasteiger partial charge in [0.15, 0.2) is 5.51 Å². The molecule has 0 bridgehead atoms. The Morgan fingerprint density at radius 3 is 3.00 bits per heavy atom. The van der Waals surface area contributed by atoms with Gasteiger partial charge in [-0.15, -0.1) is 0 Å². The summed E-state index contributed by atoms with van der Waals surface area (Å²) in [5.41, 5.74) is 2.74. The fraction of sp³-hybridized carbons (Fsp3) is 0.714. The molecule has 1 heterocycles. The predicted molar refractivity (Wildman–Crippen MR) is 42.0 cm³/mol. The van der Waals surface area contributed by atoms with Crippen molar-refractivity contribution in [2.75, 3.05) is 0 Å². The van der Waals surface area contributed by atoms with Gasteiger partial charge < -0.3 is 0 Å². The fourth-order valence-corrected chi connectivity index (χ4v) is 1.23. The van der Waals surface area contributed by atoms with Crippen molar-refractivity contribution in [1.29, 1.82) is 0 Å². The molecule has 2 nitrogen and oxygen atoms in total. The Labute approximate surface area is 65.5 Å². The Morgan fingerprint density at radius 1 is 1.50 bits per heavy atom. The van der Waals surface area contributed by atoms with Gasteiger partial charge in [-0.3, -0.25) is 0 Å². The highest BCUT2D eigenvalue weighted by Crippen LogP contribution is 2.01. The normalized spacial score (nSPS) is 10.1. The summed E-state index contributed by atoms with van der Waals surface area (Å²) in [7, 11) is 0. The molecule has 0 aliphatic carbocycles. The first-order valence-electron chi connectivity index (χ1n) is 3.62. The molecule has 0 unspecified atom stereocenters. The lowest BCUT2D eigenvalue weighted by Crippen LogP contribution is -1.86. The molecule has 0 saturated carbocycles. The van der Waals surface area contributed by atoms with Gasteiger partial charge in [0, 0.05) is 6.42 Å². The Hall–Kier alpha value is -0.440. The summed E-state index contributed by atoms with van der Waals surface area (Å²) in [6.45, 7) is 2.20. The van der Waals surface area contributed by atoms with Crippen LogP contribution in [0.25, 0.3) is 0 Å². The number of aryl methyl sites for hydroxylation is 1. The topological polar surface area (TPSA) is 25.8 Å². The van der Waals surface area contributed by atoms with E-state index in [1.165, 1.54) is 30.8 Å². The van der Waals surface area contributed by atoms with E-state index in [9.17, 15) is 0 Å². The average molecular weight is 155 g/mol. The zero-order chi connectivity index (χ0) is 7.23. The maximum absolute atomic E-state index is 4.06. The van der Waals surface area contributed by atoms with Crippen molar-refractivity contribution in [1.82, 2.24) is 9.36 Å². The van der Waals surface area contributed by atoms with E-state index in [0.717, 1.165) is 12.2 Å². The molecule has 0 aromatic carbocycles. The molecule has 55 valence electrons. The molecule has 0 amide bonds. The van der Waals surface area contributed by atoms with Gasteiger partial charge in [0.05, 0.1) is 0 Å². The predicted octanol–water partition coefficient (Wildman–Crippen LogP) is 2.07. The molecule has 0 aliphatic rings. The third-order valence-electron chi connectivity index (χ3n) is 1.37. The molecule has 10 heavy (non-hydrogen) atoms. The van der Waals surface area contributed by atoms with Crippen molar-refractivity contribution in [3.63, 3.8) is 0 Å². The van der Waals surface area contributed by atoms with E-state index in [1.54, 1.807) is 0 Å². The molecule has 1 aromatic heterocycles. The molecule has 0 fully saturated rings. The number of aromatic nitrogens is 2. The Kier molecular flexibility index (Phi) is 3.36. The summed E-state index contributed by atoms with van der Waals surface area (Å²) in [4.78, 5) is 3.97. The van der Waals surface area contributed by atoms with Gasteiger partial charge in [0.2, 0.25) is 0 Å². The highest BCUT2D eigenvalue weighted by atomic mass is 32.1. The molecule has 0 N–H and O–H groups in total. The molecule has 3 heteroatoms. The Morgan fingerprint density at radius 2 is 2.40 bits per heavy atom. The SMILES string of the molecule is CCCCCc1n[c]sn1. The quantitative estimate of drug-likeness (QED) is 0.622. The van der Waals surface area contributed by atoms with Crippen LogP contribution in [0.3, 0.4) is 0 Å². The summed E-state index contributed by atoms with van der Waals surface area (Å²) >= 11 is 1.31. The van der Waals surface area contributed by atoms with Crippen LogP contribution in [0.4, 0.5) is 0 Å². The van der Waals surface area contributed by atoms with E-state index in [1.807, 2.05) is 0 Å². The van der Waals surface area contributed by atoms with Crippen molar-refractivity contribution in [2.24, 2.45) is 0 Å². The van der Waals surface area contributed by atoms with Crippen LogP contribution >= 0.6 is 11.5 Å². The van der Waals surface area contributed by atoms with Crippen molar-refractivity contribution in [3.05, 3.63) is 11.3 Å². The van der Waals surface area contributed by atoms with Crippen LogP contribution in [-0.2, 0) is 6.42 Å². The fourth-order valence-electron chi connectivity index (χ4n) is 0.801. The summed E-state index contributed by atoms with van der Waals surface area (Å²) in [5.74, 6) is 0.957. The molecule has 1 aromatic rings. The van der Waals surface area contributed by atoms with Gasteiger partial charge in [-0.05, 0) is 18.0 Å². The molecule has 0 spiro atoms. The highest BCUT2D eigenvalue weighted by molar-refractivity contribution is 7.02. The van der Waals surface area contributed by atoms with Crippen LogP contribution in [-0.4, -0.2) is 9.36 Å². The number of hydrogen-bond donors (Lipinski definition) is 0. The number of unbranched alkanes of at least 4 members (excludes halogenated alkanes) is 2. The minimum Gasteiger partial charge on any atom is -0.217 e. The van der Waals surface area contributed by atoms with Crippen LogP contribution in [0.2, 0.25) is 0 Å². The largest absolute Gasteiger partial charge is 0.217 e. The van der Waals surface area contributed by atoms with Gasteiger partial charge in [0.25, 0.3) is 0 Å². The first kappa shape index (κ1) is 7.66.